The van der Waals surface area contributed by atoms with Crippen LogP contribution in [-0.2, 0) is 0 Å². The summed E-state index contributed by atoms with van der Waals surface area (Å²) >= 11 is 0. The summed E-state index contributed by atoms with van der Waals surface area (Å²) in [7, 11) is 0. The minimum atomic E-state index is 0.109. The van der Waals surface area contributed by atoms with Crippen LogP contribution in [0.4, 0.5) is 0 Å². The highest BCUT2D eigenvalue weighted by molar-refractivity contribution is 5.24. The second-order valence-electron chi connectivity index (χ2n) is 6.07. The molecule has 1 saturated carbocycles. The molecule has 94 valence electrons. The van der Waals surface area contributed by atoms with E-state index in [1.807, 2.05) is 0 Å². The van der Waals surface area contributed by atoms with Gasteiger partial charge < -0.3 is 11.1 Å². The molecule has 0 amide bonds. The van der Waals surface area contributed by atoms with Crippen LogP contribution in [0.1, 0.15) is 37.4 Å². The third-order valence-electron chi connectivity index (χ3n) is 3.98. The summed E-state index contributed by atoms with van der Waals surface area (Å²) in [5.41, 5.74) is 9.22. The number of benzene rings is 1. The Hall–Kier alpha value is -0.860. The number of aryl methyl sites for hydroxylation is 1. The Bertz CT molecular complexity index is 367. The van der Waals surface area contributed by atoms with Crippen LogP contribution in [0, 0.1) is 18.3 Å². The fourth-order valence-electron chi connectivity index (χ4n) is 2.27. The molecule has 1 aromatic carbocycles. The highest BCUT2D eigenvalue weighted by Crippen LogP contribution is 2.50. The van der Waals surface area contributed by atoms with Gasteiger partial charge in [-0.1, -0.05) is 43.7 Å². The molecule has 1 aromatic rings. The van der Waals surface area contributed by atoms with Gasteiger partial charge in [-0.15, -0.1) is 0 Å². The van der Waals surface area contributed by atoms with Gasteiger partial charge in [-0.25, -0.2) is 0 Å². The SMILES string of the molecule is Cc1ccc(C(N)CNCC2CC2(C)C)cc1. The lowest BCUT2D eigenvalue weighted by Gasteiger charge is -2.14. The van der Waals surface area contributed by atoms with Gasteiger partial charge in [0, 0.05) is 12.6 Å². The van der Waals surface area contributed by atoms with Gasteiger partial charge in [0.25, 0.3) is 0 Å². The Morgan fingerprint density at radius 1 is 1.35 bits per heavy atom. The van der Waals surface area contributed by atoms with Crippen LogP contribution in [-0.4, -0.2) is 13.1 Å². The second kappa shape index (κ2) is 4.79. The van der Waals surface area contributed by atoms with Crippen molar-refractivity contribution in [3.05, 3.63) is 35.4 Å². The minimum Gasteiger partial charge on any atom is -0.323 e. The topological polar surface area (TPSA) is 38.0 Å². The van der Waals surface area contributed by atoms with E-state index in [2.05, 4.69) is 50.4 Å². The van der Waals surface area contributed by atoms with Crippen molar-refractivity contribution in [2.75, 3.05) is 13.1 Å². The Kier molecular flexibility index (Phi) is 3.55. The van der Waals surface area contributed by atoms with Crippen LogP contribution in [0.15, 0.2) is 24.3 Å². The van der Waals surface area contributed by atoms with E-state index in [9.17, 15) is 0 Å². The summed E-state index contributed by atoms with van der Waals surface area (Å²) in [5.74, 6) is 0.840. The van der Waals surface area contributed by atoms with Crippen molar-refractivity contribution in [3.63, 3.8) is 0 Å². The van der Waals surface area contributed by atoms with Gasteiger partial charge in [0.15, 0.2) is 0 Å². The second-order valence-corrected chi connectivity index (χ2v) is 6.07. The number of hydrogen-bond acceptors (Lipinski definition) is 2. The van der Waals surface area contributed by atoms with Crippen LogP contribution in [0.25, 0.3) is 0 Å². The van der Waals surface area contributed by atoms with Gasteiger partial charge in [0.05, 0.1) is 0 Å². The maximum atomic E-state index is 6.16. The van der Waals surface area contributed by atoms with Crippen LogP contribution < -0.4 is 11.1 Å². The normalized spacial score (nSPS) is 23.4. The molecule has 0 saturated heterocycles. The van der Waals surface area contributed by atoms with Gasteiger partial charge in [0.1, 0.15) is 0 Å². The molecule has 0 radical (unpaired) electrons. The summed E-state index contributed by atoms with van der Waals surface area (Å²) < 4.78 is 0. The molecule has 1 aliphatic rings. The Labute approximate surface area is 105 Å². The van der Waals surface area contributed by atoms with Gasteiger partial charge >= 0.3 is 0 Å². The number of nitrogens with one attached hydrogen (secondary N) is 1. The Morgan fingerprint density at radius 2 is 1.94 bits per heavy atom. The first-order chi connectivity index (χ1) is 7.99. The van der Waals surface area contributed by atoms with E-state index in [1.165, 1.54) is 17.5 Å². The lowest BCUT2D eigenvalue weighted by Crippen LogP contribution is -2.29. The molecule has 17 heavy (non-hydrogen) atoms. The molecule has 3 N–H and O–H groups in total. The summed E-state index contributed by atoms with van der Waals surface area (Å²) in [4.78, 5) is 0. The largest absolute Gasteiger partial charge is 0.323 e. The molecule has 1 aliphatic carbocycles. The van der Waals surface area contributed by atoms with Crippen molar-refractivity contribution in [2.24, 2.45) is 17.1 Å². The predicted molar refractivity (Wildman–Crippen MR) is 72.9 cm³/mol. The van der Waals surface area contributed by atoms with Gasteiger partial charge in [-0.05, 0) is 36.8 Å². The van der Waals surface area contributed by atoms with E-state index < -0.39 is 0 Å². The number of rotatable bonds is 5. The first-order valence-corrected chi connectivity index (χ1v) is 6.52. The molecule has 2 atom stereocenters. The number of hydrogen-bond donors (Lipinski definition) is 2. The fraction of sp³-hybridized carbons (Fsp3) is 0.600. The average Bonchev–Trinajstić information content (AvgIpc) is 2.87. The van der Waals surface area contributed by atoms with Crippen molar-refractivity contribution < 1.29 is 0 Å². The van der Waals surface area contributed by atoms with Crippen molar-refractivity contribution >= 4 is 0 Å². The summed E-state index contributed by atoms with van der Waals surface area (Å²) in [5, 5.41) is 3.49. The van der Waals surface area contributed by atoms with Crippen LogP contribution in [0.5, 0.6) is 0 Å². The molecular formula is C15H24N2. The molecule has 0 heterocycles. The maximum Gasteiger partial charge on any atom is 0.0421 e. The van der Waals surface area contributed by atoms with Crippen LogP contribution in [0.2, 0.25) is 0 Å². The Balaban J connectivity index is 1.74. The zero-order valence-corrected chi connectivity index (χ0v) is 11.2. The lowest BCUT2D eigenvalue weighted by molar-refractivity contribution is 0.503. The molecule has 0 aliphatic heterocycles. The monoisotopic (exact) mass is 232 g/mol. The van der Waals surface area contributed by atoms with Crippen LogP contribution in [0.3, 0.4) is 0 Å². The smallest absolute Gasteiger partial charge is 0.0421 e. The first kappa shape index (κ1) is 12.6. The standard InChI is InChI=1S/C15H24N2/c1-11-4-6-12(7-5-11)14(16)10-17-9-13-8-15(13,2)3/h4-7,13-14,17H,8-10,16H2,1-3H3. The van der Waals surface area contributed by atoms with Crippen molar-refractivity contribution in [1.29, 1.82) is 0 Å². The minimum absolute atomic E-state index is 0.109. The summed E-state index contributed by atoms with van der Waals surface area (Å²) in [6.07, 6.45) is 1.35. The van der Waals surface area contributed by atoms with Gasteiger partial charge in [-0.2, -0.15) is 0 Å². The molecule has 1 fully saturated rings. The quantitative estimate of drug-likeness (QED) is 0.819. The molecule has 0 bridgehead atoms. The zero-order chi connectivity index (χ0) is 12.5. The van der Waals surface area contributed by atoms with Crippen molar-refractivity contribution in [1.82, 2.24) is 5.32 Å². The lowest BCUT2D eigenvalue weighted by atomic mass is 10.1. The number of nitrogens with two attached hydrogens (primary N) is 1. The molecule has 2 rings (SSSR count). The average molecular weight is 232 g/mol. The molecular weight excluding hydrogens is 208 g/mol. The van der Waals surface area contributed by atoms with Gasteiger partial charge in [0.2, 0.25) is 0 Å². The zero-order valence-electron chi connectivity index (χ0n) is 11.2. The van der Waals surface area contributed by atoms with E-state index in [4.69, 9.17) is 5.73 Å². The summed E-state index contributed by atoms with van der Waals surface area (Å²) in [6, 6.07) is 8.61. The van der Waals surface area contributed by atoms with Crippen LogP contribution >= 0.6 is 0 Å². The third-order valence-corrected chi connectivity index (χ3v) is 3.98. The van der Waals surface area contributed by atoms with Crippen molar-refractivity contribution in [2.45, 2.75) is 33.2 Å². The first-order valence-electron chi connectivity index (χ1n) is 6.52. The highest BCUT2D eigenvalue weighted by Gasteiger charge is 2.44. The van der Waals surface area contributed by atoms with Crippen molar-refractivity contribution in [3.8, 4) is 0 Å². The fourth-order valence-corrected chi connectivity index (χ4v) is 2.27. The molecule has 2 unspecified atom stereocenters. The van der Waals surface area contributed by atoms with Gasteiger partial charge in [-0.3, -0.25) is 0 Å². The van der Waals surface area contributed by atoms with E-state index in [1.54, 1.807) is 0 Å². The summed E-state index contributed by atoms with van der Waals surface area (Å²) in [6.45, 7) is 8.74. The highest BCUT2D eigenvalue weighted by atomic mass is 14.9. The molecule has 2 heteroatoms. The van der Waals surface area contributed by atoms with E-state index in [-0.39, 0.29) is 6.04 Å². The van der Waals surface area contributed by atoms with E-state index in [0.717, 1.165) is 19.0 Å². The van der Waals surface area contributed by atoms with E-state index >= 15 is 0 Å². The molecule has 2 nitrogen and oxygen atoms in total. The third kappa shape index (κ3) is 3.30. The maximum absolute atomic E-state index is 6.16. The van der Waals surface area contributed by atoms with E-state index in [0.29, 0.717) is 5.41 Å². The molecule has 0 aromatic heterocycles. The molecule has 0 spiro atoms. The Morgan fingerprint density at radius 3 is 2.47 bits per heavy atom. The predicted octanol–water partition coefficient (Wildman–Crippen LogP) is 2.63.